The van der Waals surface area contributed by atoms with Crippen molar-refractivity contribution in [2.45, 2.75) is 51.2 Å². The zero-order valence-corrected chi connectivity index (χ0v) is 10.7. The van der Waals surface area contributed by atoms with Crippen LogP contribution in [0.1, 0.15) is 49.7 Å². The van der Waals surface area contributed by atoms with E-state index in [2.05, 4.69) is 29.6 Å². The van der Waals surface area contributed by atoms with E-state index >= 15 is 0 Å². The van der Waals surface area contributed by atoms with Gasteiger partial charge in [-0.1, -0.05) is 31.2 Å². The summed E-state index contributed by atoms with van der Waals surface area (Å²) in [5.41, 5.74) is 2.83. The van der Waals surface area contributed by atoms with E-state index in [0.29, 0.717) is 0 Å². The Bertz CT molecular complexity index is 329. The van der Waals surface area contributed by atoms with Crippen molar-refractivity contribution in [3.05, 3.63) is 35.4 Å². The maximum atomic E-state index is 9.42. The molecule has 1 aromatic carbocycles. The molecule has 1 saturated carbocycles. The van der Waals surface area contributed by atoms with Crippen molar-refractivity contribution in [2.24, 2.45) is 0 Å². The molecule has 1 atom stereocenters. The molecule has 1 aliphatic carbocycles. The Kier molecular flexibility index (Phi) is 4.57. The summed E-state index contributed by atoms with van der Waals surface area (Å²) in [5, 5.41) is 12.8. The number of nitrogens with one attached hydrogen (secondary N) is 1. The minimum absolute atomic E-state index is 0.153. The highest BCUT2D eigenvalue weighted by molar-refractivity contribution is 5.27. The molecule has 0 spiro atoms. The quantitative estimate of drug-likeness (QED) is 0.710. The van der Waals surface area contributed by atoms with E-state index in [0.717, 1.165) is 31.8 Å². The summed E-state index contributed by atoms with van der Waals surface area (Å²) in [5.74, 6) is 0.844. The predicted octanol–water partition coefficient (Wildman–Crippen LogP) is 2.81. The van der Waals surface area contributed by atoms with Gasteiger partial charge in [0.15, 0.2) is 0 Å². The molecule has 0 aromatic heterocycles. The summed E-state index contributed by atoms with van der Waals surface area (Å²) < 4.78 is 0. The first-order chi connectivity index (χ1) is 8.29. The van der Waals surface area contributed by atoms with Crippen LogP contribution >= 0.6 is 0 Å². The molecule has 0 aliphatic heterocycles. The van der Waals surface area contributed by atoms with Gasteiger partial charge in [-0.25, -0.2) is 0 Å². The number of aliphatic hydroxyl groups excluding tert-OH is 1. The molecule has 1 aliphatic rings. The Morgan fingerprint density at radius 1 is 1.29 bits per heavy atom. The highest BCUT2D eigenvalue weighted by Crippen LogP contribution is 2.39. The van der Waals surface area contributed by atoms with Crippen LogP contribution in [0.4, 0.5) is 0 Å². The van der Waals surface area contributed by atoms with E-state index in [1.165, 1.54) is 24.0 Å². The smallest absolute Gasteiger partial charge is 0.0549 e. The van der Waals surface area contributed by atoms with Gasteiger partial charge in [0.05, 0.1) is 6.10 Å². The van der Waals surface area contributed by atoms with Gasteiger partial charge in [-0.05, 0) is 49.3 Å². The third-order valence-electron chi connectivity index (χ3n) is 3.48. The highest BCUT2D eigenvalue weighted by Gasteiger charge is 2.22. The summed E-state index contributed by atoms with van der Waals surface area (Å²) in [6, 6.07) is 8.96. The van der Waals surface area contributed by atoms with E-state index in [4.69, 9.17) is 0 Å². The van der Waals surface area contributed by atoms with Gasteiger partial charge < -0.3 is 10.4 Å². The Hall–Kier alpha value is -0.860. The van der Waals surface area contributed by atoms with Crippen LogP contribution in [-0.2, 0) is 6.54 Å². The third-order valence-corrected chi connectivity index (χ3v) is 3.48. The van der Waals surface area contributed by atoms with E-state index in [1.54, 1.807) is 0 Å². The lowest BCUT2D eigenvalue weighted by atomic mass is 10.1. The monoisotopic (exact) mass is 233 g/mol. The molecule has 0 bridgehead atoms. The number of rotatable bonds is 7. The molecular weight excluding hydrogens is 210 g/mol. The normalized spacial score (nSPS) is 17.1. The topological polar surface area (TPSA) is 32.3 Å². The second-order valence-corrected chi connectivity index (χ2v) is 5.04. The Labute approximate surface area is 104 Å². The van der Waals surface area contributed by atoms with Crippen molar-refractivity contribution < 1.29 is 5.11 Å². The second-order valence-electron chi connectivity index (χ2n) is 5.04. The van der Waals surface area contributed by atoms with Crippen molar-refractivity contribution in [1.82, 2.24) is 5.32 Å². The zero-order valence-electron chi connectivity index (χ0n) is 10.7. The minimum atomic E-state index is -0.153. The Balaban J connectivity index is 1.68. The molecule has 2 rings (SSSR count). The van der Waals surface area contributed by atoms with Crippen molar-refractivity contribution in [3.63, 3.8) is 0 Å². The molecule has 1 aromatic rings. The maximum absolute atomic E-state index is 9.42. The van der Waals surface area contributed by atoms with Crippen LogP contribution < -0.4 is 5.32 Å². The van der Waals surface area contributed by atoms with Gasteiger partial charge in [0.1, 0.15) is 0 Å². The van der Waals surface area contributed by atoms with Crippen LogP contribution in [0.2, 0.25) is 0 Å². The molecular formula is C15H23NO. The van der Waals surface area contributed by atoms with E-state index < -0.39 is 0 Å². The molecule has 1 fully saturated rings. The van der Waals surface area contributed by atoms with Gasteiger partial charge in [0.2, 0.25) is 0 Å². The maximum Gasteiger partial charge on any atom is 0.0549 e. The fraction of sp³-hybridized carbons (Fsp3) is 0.600. The van der Waals surface area contributed by atoms with Gasteiger partial charge >= 0.3 is 0 Å². The van der Waals surface area contributed by atoms with Crippen LogP contribution in [0.15, 0.2) is 24.3 Å². The lowest BCUT2D eigenvalue weighted by Gasteiger charge is -2.09. The van der Waals surface area contributed by atoms with Gasteiger partial charge in [-0.2, -0.15) is 0 Å². The average molecular weight is 233 g/mol. The van der Waals surface area contributed by atoms with Crippen LogP contribution in [0.3, 0.4) is 0 Å². The summed E-state index contributed by atoms with van der Waals surface area (Å²) in [7, 11) is 0. The molecule has 2 N–H and O–H groups in total. The molecule has 1 unspecified atom stereocenters. The number of hydrogen-bond acceptors (Lipinski definition) is 2. The van der Waals surface area contributed by atoms with E-state index in [-0.39, 0.29) is 6.10 Å². The summed E-state index contributed by atoms with van der Waals surface area (Å²) in [6.45, 7) is 3.81. The summed E-state index contributed by atoms with van der Waals surface area (Å²) in [6.07, 6.45) is 4.27. The number of aliphatic hydroxyl groups is 1. The molecule has 0 radical (unpaired) electrons. The molecule has 0 saturated heterocycles. The van der Waals surface area contributed by atoms with Gasteiger partial charge in [0, 0.05) is 6.54 Å². The SMILES string of the molecule is CCC(O)CCNCc1ccc(C2CC2)cc1. The molecule has 17 heavy (non-hydrogen) atoms. The second kappa shape index (κ2) is 6.18. The molecule has 2 nitrogen and oxygen atoms in total. The van der Waals surface area contributed by atoms with Crippen molar-refractivity contribution in [2.75, 3.05) is 6.54 Å². The zero-order chi connectivity index (χ0) is 12.1. The third kappa shape index (κ3) is 4.14. The lowest BCUT2D eigenvalue weighted by molar-refractivity contribution is 0.159. The first-order valence-corrected chi connectivity index (χ1v) is 6.77. The molecule has 0 heterocycles. The lowest BCUT2D eigenvalue weighted by Crippen LogP contribution is -2.19. The summed E-state index contributed by atoms with van der Waals surface area (Å²) >= 11 is 0. The van der Waals surface area contributed by atoms with Crippen LogP contribution in [0.25, 0.3) is 0 Å². The number of hydrogen-bond donors (Lipinski definition) is 2. The van der Waals surface area contributed by atoms with Crippen LogP contribution in [0.5, 0.6) is 0 Å². The van der Waals surface area contributed by atoms with Crippen molar-refractivity contribution in [3.8, 4) is 0 Å². The summed E-state index contributed by atoms with van der Waals surface area (Å²) in [4.78, 5) is 0. The van der Waals surface area contributed by atoms with Crippen molar-refractivity contribution in [1.29, 1.82) is 0 Å². The van der Waals surface area contributed by atoms with Crippen LogP contribution in [0, 0.1) is 0 Å². The van der Waals surface area contributed by atoms with E-state index in [9.17, 15) is 5.11 Å². The standard InChI is InChI=1S/C15H23NO/c1-2-15(17)9-10-16-11-12-3-5-13(6-4-12)14-7-8-14/h3-6,14-17H,2,7-11H2,1H3. The van der Waals surface area contributed by atoms with Gasteiger partial charge in [-0.15, -0.1) is 0 Å². The predicted molar refractivity (Wildman–Crippen MR) is 71.0 cm³/mol. The van der Waals surface area contributed by atoms with Gasteiger partial charge in [-0.3, -0.25) is 0 Å². The molecule has 0 amide bonds. The van der Waals surface area contributed by atoms with Gasteiger partial charge in [0.25, 0.3) is 0 Å². The fourth-order valence-electron chi connectivity index (χ4n) is 2.03. The fourth-order valence-corrected chi connectivity index (χ4v) is 2.03. The largest absolute Gasteiger partial charge is 0.393 e. The van der Waals surface area contributed by atoms with Crippen LogP contribution in [-0.4, -0.2) is 17.8 Å². The Morgan fingerprint density at radius 3 is 2.59 bits per heavy atom. The first-order valence-electron chi connectivity index (χ1n) is 6.77. The molecule has 2 heteroatoms. The first kappa shape index (κ1) is 12.6. The number of benzene rings is 1. The molecule has 94 valence electrons. The minimum Gasteiger partial charge on any atom is -0.393 e. The van der Waals surface area contributed by atoms with Crippen molar-refractivity contribution >= 4 is 0 Å². The van der Waals surface area contributed by atoms with E-state index in [1.807, 2.05) is 6.92 Å². The Morgan fingerprint density at radius 2 is 2.00 bits per heavy atom. The highest BCUT2D eigenvalue weighted by atomic mass is 16.3. The average Bonchev–Trinajstić information content (AvgIpc) is 3.19.